The monoisotopic (exact) mass is 321 g/mol. The topological polar surface area (TPSA) is 51.5 Å². The van der Waals surface area contributed by atoms with Crippen molar-refractivity contribution in [2.24, 2.45) is 0 Å². The van der Waals surface area contributed by atoms with Crippen molar-refractivity contribution in [1.29, 1.82) is 0 Å². The molecule has 2 rings (SSSR count). The van der Waals surface area contributed by atoms with Crippen LogP contribution >= 0.6 is 15.9 Å². The first-order valence-corrected chi connectivity index (χ1v) is 6.34. The number of ether oxygens (including phenoxy) is 1. The van der Waals surface area contributed by atoms with E-state index in [1.54, 1.807) is 49.8 Å². The Balaban J connectivity index is 2.01. The molecule has 0 fully saturated rings. The third-order valence-corrected chi connectivity index (χ3v) is 2.98. The molecule has 0 atom stereocenters. The summed E-state index contributed by atoms with van der Waals surface area (Å²) in [5.41, 5.74) is 0.682. The van der Waals surface area contributed by atoms with E-state index in [2.05, 4.69) is 21.2 Å². The molecule has 98 valence electrons. The molecule has 0 radical (unpaired) electrons. The summed E-state index contributed by atoms with van der Waals surface area (Å²) in [6, 6.07) is 8.85. The Labute approximate surface area is 119 Å². The second kappa shape index (κ2) is 6.24. The van der Waals surface area contributed by atoms with Gasteiger partial charge in [-0.05, 0) is 52.3 Å². The van der Waals surface area contributed by atoms with E-state index < -0.39 is 0 Å². The van der Waals surface area contributed by atoms with Crippen molar-refractivity contribution in [3.8, 4) is 5.75 Å². The minimum Gasteiger partial charge on any atom is -0.496 e. The Hall–Kier alpha value is -2.01. The fraction of sp³-hybridized carbons (Fsp3) is 0.0714. The van der Waals surface area contributed by atoms with Crippen molar-refractivity contribution in [3.63, 3.8) is 0 Å². The van der Waals surface area contributed by atoms with Crippen molar-refractivity contribution in [1.82, 2.24) is 0 Å². The number of amides is 1. The van der Waals surface area contributed by atoms with Crippen LogP contribution in [0.4, 0.5) is 5.69 Å². The lowest BCUT2D eigenvalue weighted by atomic mass is 10.3. The quantitative estimate of drug-likeness (QED) is 0.873. The molecular formula is C14H12BrNO3. The molecule has 1 aromatic carbocycles. The SMILES string of the molecule is COc1ccc(NC(=O)C=Cc2ccco2)cc1Br. The molecule has 4 nitrogen and oxygen atoms in total. The molecule has 0 aliphatic rings. The molecule has 0 saturated heterocycles. The highest BCUT2D eigenvalue weighted by Crippen LogP contribution is 2.27. The maximum atomic E-state index is 11.7. The van der Waals surface area contributed by atoms with Crippen LogP contribution in [0.25, 0.3) is 6.08 Å². The molecule has 1 heterocycles. The number of hydrogen-bond acceptors (Lipinski definition) is 3. The number of carbonyl (C=O) groups is 1. The van der Waals surface area contributed by atoms with Gasteiger partial charge in [0.05, 0.1) is 17.8 Å². The van der Waals surface area contributed by atoms with Gasteiger partial charge in [0, 0.05) is 11.8 Å². The van der Waals surface area contributed by atoms with E-state index in [0.717, 1.165) is 4.47 Å². The average Bonchev–Trinajstić information content (AvgIpc) is 2.90. The molecule has 0 aliphatic heterocycles. The van der Waals surface area contributed by atoms with Crippen molar-refractivity contribution in [2.75, 3.05) is 12.4 Å². The van der Waals surface area contributed by atoms with Gasteiger partial charge in [-0.25, -0.2) is 0 Å². The van der Waals surface area contributed by atoms with Crippen LogP contribution in [0.1, 0.15) is 5.76 Å². The predicted molar refractivity (Wildman–Crippen MR) is 77.1 cm³/mol. The molecule has 0 unspecified atom stereocenters. The minimum atomic E-state index is -0.228. The van der Waals surface area contributed by atoms with Crippen molar-refractivity contribution < 1.29 is 13.9 Å². The molecule has 0 aliphatic carbocycles. The van der Waals surface area contributed by atoms with E-state index in [1.807, 2.05) is 0 Å². The Morgan fingerprint density at radius 1 is 1.42 bits per heavy atom. The summed E-state index contributed by atoms with van der Waals surface area (Å²) in [7, 11) is 1.59. The fourth-order valence-electron chi connectivity index (χ4n) is 1.47. The van der Waals surface area contributed by atoms with Crippen LogP contribution in [0.3, 0.4) is 0 Å². The normalized spacial score (nSPS) is 10.6. The van der Waals surface area contributed by atoms with Gasteiger partial charge in [0.15, 0.2) is 0 Å². The van der Waals surface area contributed by atoms with Gasteiger partial charge in [-0.2, -0.15) is 0 Å². The highest BCUT2D eigenvalue weighted by molar-refractivity contribution is 9.10. The molecule has 0 bridgehead atoms. The minimum absolute atomic E-state index is 0.228. The highest BCUT2D eigenvalue weighted by atomic mass is 79.9. The molecule has 5 heteroatoms. The highest BCUT2D eigenvalue weighted by Gasteiger charge is 2.03. The summed E-state index contributed by atoms with van der Waals surface area (Å²) in [4.78, 5) is 11.7. The first-order chi connectivity index (χ1) is 9.19. The number of methoxy groups -OCH3 is 1. The maximum Gasteiger partial charge on any atom is 0.248 e. The summed E-state index contributed by atoms with van der Waals surface area (Å²) in [6.07, 6.45) is 4.57. The molecule has 1 amide bonds. The predicted octanol–water partition coefficient (Wildman–Crippen LogP) is 3.70. The summed E-state index contributed by atoms with van der Waals surface area (Å²) in [6.45, 7) is 0. The Morgan fingerprint density at radius 3 is 2.89 bits per heavy atom. The van der Waals surface area contributed by atoms with Crippen molar-refractivity contribution in [3.05, 3.63) is 52.9 Å². The second-order valence-corrected chi connectivity index (χ2v) is 4.54. The summed E-state index contributed by atoms with van der Waals surface area (Å²) in [5.74, 6) is 1.11. The van der Waals surface area contributed by atoms with Crippen LogP contribution in [0.5, 0.6) is 5.75 Å². The van der Waals surface area contributed by atoms with E-state index in [0.29, 0.717) is 17.2 Å². The van der Waals surface area contributed by atoms with Crippen molar-refractivity contribution in [2.45, 2.75) is 0 Å². The van der Waals surface area contributed by atoms with Crippen LogP contribution in [-0.2, 0) is 4.79 Å². The molecule has 2 aromatic rings. The lowest BCUT2D eigenvalue weighted by Gasteiger charge is -2.06. The van der Waals surface area contributed by atoms with Gasteiger partial charge >= 0.3 is 0 Å². The third-order valence-electron chi connectivity index (χ3n) is 2.36. The van der Waals surface area contributed by atoms with Gasteiger partial charge in [0.2, 0.25) is 5.91 Å². The number of furan rings is 1. The lowest BCUT2D eigenvalue weighted by molar-refractivity contribution is -0.111. The number of benzene rings is 1. The van der Waals surface area contributed by atoms with E-state index in [1.165, 1.54) is 6.08 Å². The largest absolute Gasteiger partial charge is 0.496 e. The summed E-state index contributed by atoms with van der Waals surface area (Å²) >= 11 is 3.36. The number of rotatable bonds is 4. The first kappa shape index (κ1) is 13.4. The van der Waals surface area contributed by atoms with Crippen LogP contribution in [0, 0.1) is 0 Å². The standard InChI is InChI=1S/C14H12BrNO3/c1-18-13-6-4-10(9-12(13)15)16-14(17)7-5-11-3-2-8-19-11/h2-9H,1H3,(H,16,17). The van der Waals surface area contributed by atoms with Gasteiger partial charge in [0.25, 0.3) is 0 Å². The maximum absolute atomic E-state index is 11.7. The van der Waals surface area contributed by atoms with E-state index in [4.69, 9.17) is 9.15 Å². The van der Waals surface area contributed by atoms with Gasteiger partial charge in [0.1, 0.15) is 11.5 Å². The average molecular weight is 322 g/mol. The Kier molecular flexibility index (Phi) is 4.41. The van der Waals surface area contributed by atoms with Gasteiger partial charge in [-0.1, -0.05) is 0 Å². The summed E-state index contributed by atoms with van der Waals surface area (Å²) < 4.78 is 11.0. The number of nitrogens with one attached hydrogen (secondary N) is 1. The van der Waals surface area contributed by atoms with E-state index in [-0.39, 0.29) is 5.91 Å². The third kappa shape index (κ3) is 3.72. The van der Waals surface area contributed by atoms with Crippen molar-refractivity contribution >= 4 is 33.6 Å². The zero-order valence-electron chi connectivity index (χ0n) is 10.2. The molecule has 0 saturated carbocycles. The molecular weight excluding hydrogens is 310 g/mol. The molecule has 1 aromatic heterocycles. The summed E-state index contributed by atoms with van der Waals surface area (Å²) in [5, 5.41) is 2.74. The number of anilines is 1. The zero-order chi connectivity index (χ0) is 13.7. The van der Waals surface area contributed by atoms with Crippen LogP contribution in [0.2, 0.25) is 0 Å². The second-order valence-electron chi connectivity index (χ2n) is 3.69. The van der Waals surface area contributed by atoms with Crippen LogP contribution in [-0.4, -0.2) is 13.0 Å². The van der Waals surface area contributed by atoms with Gasteiger partial charge in [-0.3, -0.25) is 4.79 Å². The van der Waals surface area contributed by atoms with E-state index >= 15 is 0 Å². The first-order valence-electron chi connectivity index (χ1n) is 5.55. The van der Waals surface area contributed by atoms with E-state index in [9.17, 15) is 4.79 Å². The fourth-order valence-corrected chi connectivity index (χ4v) is 2.01. The Bertz CT molecular complexity index is 591. The van der Waals surface area contributed by atoms with Gasteiger partial charge in [-0.15, -0.1) is 0 Å². The number of hydrogen-bond donors (Lipinski definition) is 1. The Morgan fingerprint density at radius 2 is 2.26 bits per heavy atom. The lowest BCUT2D eigenvalue weighted by Crippen LogP contribution is -2.07. The molecule has 19 heavy (non-hydrogen) atoms. The van der Waals surface area contributed by atoms with Gasteiger partial charge < -0.3 is 14.5 Å². The molecule has 0 spiro atoms. The van der Waals surface area contributed by atoms with Crippen LogP contribution < -0.4 is 10.1 Å². The smallest absolute Gasteiger partial charge is 0.248 e. The van der Waals surface area contributed by atoms with Crippen LogP contribution in [0.15, 0.2) is 51.6 Å². The number of carbonyl (C=O) groups excluding carboxylic acids is 1. The number of halogens is 1. The zero-order valence-corrected chi connectivity index (χ0v) is 11.8. The molecule has 1 N–H and O–H groups in total.